The van der Waals surface area contributed by atoms with E-state index in [1.807, 2.05) is 0 Å². The summed E-state index contributed by atoms with van der Waals surface area (Å²) in [6.07, 6.45) is 5.85. The molecule has 28 valence electrons. The van der Waals surface area contributed by atoms with Gasteiger partial charge >= 0.3 is 37.7 Å². The van der Waals surface area contributed by atoms with E-state index in [2.05, 4.69) is 25.3 Å². The van der Waals surface area contributed by atoms with E-state index < -0.39 is 0 Å². The predicted octanol–water partition coefficient (Wildman–Crippen LogP) is -4.64. The van der Waals surface area contributed by atoms with Crippen LogP contribution >= 0.6 is 0 Å². The van der Waals surface area contributed by atoms with Gasteiger partial charge in [0.1, 0.15) is 0 Å². The van der Waals surface area contributed by atoms with Crippen LogP contribution in [0.3, 0.4) is 0 Å². The molecule has 0 saturated carbocycles. The van der Waals surface area contributed by atoms with Crippen molar-refractivity contribution < 1.29 is 37.7 Å². The molecule has 7 heavy (non-hydrogen) atoms. The smallest absolute Gasteiger partial charge is 0.534 e. The van der Waals surface area contributed by atoms with Gasteiger partial charge in [-0.25, -0.2) is 0 Å². The van der Waals surface area contributed by atoms with Crippen LogP contribution in [0.4, 0.5) is 0 Å². The van der Waals surface area contributed by atoms with Gasteiger partial charge in [-0.15, -0.1) is 0 Å². The van der Waals surface area contributed by atoms with Crippen molar-refractivity contribution >= 4 is 0 Å². The zero-order valence-electron chi connectivity index (χ0n) is 5.12. The summed E-state index contributed by atoms with van der Waals surface area (Å²) >= 11 is 0. The summed E-state index contributed by atoms with van der Waals surface area (Å²) in [7, 11) is 0. The fourth-order valence-corrected chi connectivity index (χ4v) is 0.0884. The van der Waals surface area contributed by atoms with Crippen LogP contribution in [0.1, 0.15) is 6.42 Å². The van der Waals surface area contributed by atoms with Gasteiger partial charge in [0.15, 0.2) is 0 Å². The summed E-state index contributed by atoms with van der Waals surface area (Å²) < 4.78 is 0. The largest absolute Gasteiger partial charge is 1.00 e. The molecular weight excluding hydrogens is 73.9 g/mol. The maximum absolute atomic E-state index is 3.32. The summed E-state index contributed by atoms with van der Waals surface area (Å²) in [5.41, 5.74) is 0. The first-order valence-corrected chi connectivity index (χ1v) is 1.41. The van der Waals surface area contributed by atoms with E-state index in [-0.39, 0.29) is 37.7 Å². The first-order valence-electron chi connectivity index (χ1n) is 1.41. The van der Waals surface area contributed by atoms with Crippen LogP contribution in [0.15, 0.2) is 13.2 Å². The van der Waals surface area contributed by atoms with E-state index in [4.69, 9.17) is 0 Å². The fourth-order valence-electron chi connectivity index (χ4n) is 0.0884. The zero-order chi connectivity index (χ0) is 4.12. The second kappa shape index (κ2) is 15.9. The molecule has 0 bridgehead atoms. The van der Waals surface area contributed by atoms with Crippen LogP contribution in [0.25, 0.3) is 0 Å². The maximum Gasteiger partial charge on any atom is 1.00 e. The van der Waals surface area contributed by atoms with Crippen LogP contribution in [0, 0.1) is 12.2 Å². The third-order valence-electron chi connectivity index (χ3n) is 0.250. The molecule has 0 atom stereocenters. The van der Waals surface area contributed by atoms with E-state index in [1.54, 1.807) is 0 Å². The van der Waals surface area contributed by atoms with E-state index in [0.29, 0.717) is 6.42 Å². The van der Waals surface area contributed by atoms with E-state index in [9.17, 15) is 0 Å². The summed E-state index contributed by atoms with van der Waals surface area (Å²) in [6.45, 7) is 6.65. The van der Waals surface area contributed by atoms with Crippen molar-refractivity contribution in [1.82, 2.24) is 0 Å². The summed E-state index contributed by atoms with van der Waals surface area (Å²) in [4.78, 5) is 0. The van der Waals surface area contributed by atoms with Gasteiger partial charge in [0, 0.05) is 0 Å². The zero-order valence-corrected chi connectivity index (χ0v) is 5.12. The summed E-state index contributed by atoms with van der Waals surface area (Å²) in [6, 6.07) is 0. The number of hydrogen-bond acceptors (Lipinski definition) is 0. The van der Waals surface area contributed by atoms with Gasteiger partial charge in [-0.3, -0.25) is 13.2 Å². The Hall–Kier alpha value is 0.675. The number of rotatable bonds is 2. The van der Waals surface area contributed by atoms with Gasteiger partial charge in [0.2, 0.25) is 0 Å². The molecule has 0 spiro atoms. The van der Waals surface area contributed by atoms with E-state index >= 15 is 0 Å². The van der Waals surface area contributed by atoms with Crippen molar-refractivity contribution in [2.45, 2.75) is 6.42 Å². The van der Waals surface area contributed by atoms with Crippen LogP contribution in [0.5, 0.6) is 0 Å². The van der Waals surface area contributed by atoms with Gasteiger partial charge in [-0.1, -0.05) is 0 Å². The molecule has 0 aliphatic rings. The van der Waals surface area contributed by atoms with Crippen LogP contribution in [-0.2, 0) is 0 Å². The number of hydrogen-bond donors (Lipinski definition) is 0. The van der Waals surface area contributed by atoms with Crippen LogP contribution < -0.4 is 37.7 Å². The normalized spacial score (nSPS) is 4.57. The van der Waals surface area contributed by atoms with Crippen LogP contribution in [0.2, 0.25) is 0 Å². The van der Waals surface area contributed by atoms with Crippen molar-refractivity contribution in [2.75, 3.05) is 0 Å². The fraction of sp³-hybridized carbons (Fsp3) is 0.200. The maximum atomic E-state index is 3.32. The van der Waals surface area contributed by atoms with Gasteiger partial charge in [-0.2, -0.15) is 0 Å². The standard InChI is InChI=1S/C5H6.2Li/c1-3-5-4-2;;/h1-2,5H2;;/q-2;2*+1. The molecule has 0 saturated heterocycles. The third-order valence-corrected chi connectivity index (χ3v) is 0.250. The minimum atomic E-state index is 0. The molecule has 0 aliphatic carbocycles. The Labute approximate surface area is 69.4 Å². The molecule has 0 aromatic carbocycles. The van der Waals surface area contributed by atoms with Crippen molar-refractivity contribution in [3.63, 3.8) is 0 Å². The third kappa shape index (κ3) is 20.4. The average Bonchev–Trinajstić information content (AvgIpc) is 1.41. The Bertz CT molecular complexity index is 35.3. The first-order chi connectivity index (χ1) is 2.41. The minimum absolute atomic E-state index is 0. The Morgan fingerprint density at radius 1 is 1.00 bits per heavy atom. The summed E-state index contributed by atoms with van der Waals surface area (Å²) in [5, 5.41) is 0. The molecule has 0 nitrogen and oxygen atoms in total. The Kier molecular flexibility index (Phi) is 35.6. The number of allylic oxidation sites excluding steroid dienone is 2. The van der Waals surface area contributed by atoms with Gasteiger partial charge in [0.05, 0.1) is 0 Å². The molecule has 2 heteroatoms. The first kappa shape index (κ1) is 15.6. The van der Waals surface area contributed by atoms with Gasteiger partial charge < -0.3 is 18.6 Å². The molecule has 0 amide bonds. The van der Waals surface area contributed by atoms with Crippen molar-refractivity contribution in [1.29, 1.82) is 0 Å². The quantitative estimate of drug-likeness (QED) is 0.231. The molecule has 0 aromatic heterocycles. The molecule has 0 fully saturated rings. The molecule has 0 N–H and O–H groups in total. The van der Waals surface area contributed by atoms with E-state index in [1.165, 1.54) is 0 Å². The van der Waals surface area contributed by atoms with Crippen molar-refractivity contribution in [3.8, 4) is 0 Å². The van der Waals surface area contributed by atoms with Gasteiger partial charge in [0.25, 0.3) is 0 Å². The molecule has 0 unspecified atom stereocenters. The SMILES string of the molecule is C=[C-]C[C-]=C.[Li+].[Li+]. The molecule has 0 aromatic rings. The monoisotopic (exact) mass is 80.1 g/mol. The van der Waals surface area contributed by atoms with Gasteiger partial charge in [-0.05, 0) is 0 Å². The van der Waals surface area contributed by atoms with Crippen molar-refractivity contribution in [3.05, 3.63) is 25.3 Å². The molecule has 0 heterocycles. The van der Waals surface area contributed by atoms with Crippen molar-refractivity contribution in [2.24, 2.45) is 0 Å². The molecular formula is C5H6Li2. The molecule has 0 radical (unpaired) electrons. The average molecular weight is 80.0 g/mol. The molecule has 0 rings (SSSR count). The minimum Gasteiger partial charge on any atom is -0.534 e. The summed E-state index contributed by atoms with van der Waals surface area (Å²) in [5.74, 6) is 0. The second-order valence-electron chi connectivity index (χ2n) is 0.677. The topological polar surface area (TPSA) is 0 Å². The second-order valence-corrected chi connectivity index (χ2v) is 0.677. The Morgan fingerprint density at radius 3 is 1.29 bits per heavy atom. The van der Waals surface area contributed by atoms with E-state index in [0.717, 1.165) is 0 Å². The molecule has 0 aliphatic heterocycles. The van der Waals surface area contributed by atoms with Crippen LogP contribution in [-0.4, -0.2) is 0 Å². The Balaban J connectivity index is -0.0000000800. The Morgan fingerprint density at radius 2 is 1.29 bits per heavy atom. The predicted molar refractivity (Wildman–Crippen MR) is 22.4 cm³/mol.